The molecule has 0 spiro atoms. The fourth-order valence-electron chi connectivity index (χ4n) is 1.52. The Labute approximate surface area is 92.9 Å². The van der Waals surface area contributed by atoms with E-state index in [1.165, 1.54) is 11.1 Å². The molecule has 84 valence electrons. The van der Waals surface area contributed by atoms with Gasteiger partial charge in [0, 0.05) is 19.7 Å². The second-order valence-corrected chi connectivity index (χ2v) is 3.86. The maximum atomic E-state index is 5.33. The van der Waals surface area contributed by atoms with Crippen molar-refractivity contribution >= 4 is 0 Å². The fourth-order valence-corrected chi connectivity index (χ4v) is 1.52. The highest BCUT2D eigenvalue weighted by atomic mass is 16.5. The van der Waals surface area contributed by atoms with Crippen molar-refractivity contribution in [3.05, 3.63) is 35.4 Å². The van der Waals surface area contributed by atoms with Crippen LogP contribution in [0.1, 0.15) is 18.1 Å². The Kier molecular flexibility index (Phi) is 5.37. The van der Waals surface area contributed by atoms with E-state index >= 15 is 0 Å². The predicted octanol–water partition coefficient (Wildman–Crippen LogP) is 2.46. The van der Waals surface area contributed by atoms with E-state index in [-0.39, 0.29) is 0 Å². The van der Waals surface area contributed by atoms with E-state index in [0.717, 1.165) is 26.3 Å². The molecule has 15 heavy (non-hydrogen) atoms. The molecule has 0 N–H and O–H groups in total. The molecular formula is C13H21NO. The van der Waals surface area contributed by atoms with Crippen LogP contribution in [-0.4, -0.2) is 31.7 Å². The highest BCUT2D eigenvalue weighted by Gasteiger charge is 2.01. The van der Waals surface area contributed by atoms with Crippen molar-refractivity contribution in [3.8, 4) is 0 Å². The van der Waals surface area contributed by atoms with Crippen LogP contribution in [0, 0.1) is 6.92 Å². The number of likely N-dealkylation sites (N-methyl/N-ethyl adjacent to an activating group) is 1. The Morgan fingerprint density at radius 3 is 2.67 bits per heavy atom. The molecule has 1 rings (SSSR count). The second kappa shape index (κ2) is 6.59. The van der Waals surface area contributed by atoms with E-state index in [2.05, 4.69) is 43.1 Å². The summed E-state index contributed by atoms with van der Waals surface area (Å²) < 4.78 is 5.33. The maximum absolute atomic E-state index is 5.33. The lowest BCUT2D eigenvalue weighted by atomic mass is 10.1. The van der Waals surface area contributed by atoms with Gasteiger partial charge in [0.25, 0.3) is 0 Å². The van der Waals surface area contributed by atoms with Gasteiger partial charge in [0.2, 0.25) is 0 Å². The van der Waals surface area contributed by atoms with Gasteiger partial charge in [0.15, 0.2) is 0 Å². The molecule has 0 aromatic heterocycles. The normalized spacial score (nSPS) is 10.9. The van der Waals surface area contributed by atoms with Crippen LogP contribution in [0.5, 0.6) is 0 Å². The minimum atomic E-state index is 0.804. The first kappa shape index (κ1) is 12.2. The van der Waals surface area contributed by atoms with Gasteiger partial charge in [0.05, 0.1) is 6.61 Å². The number of nitrogens with zero attached hydrogens (tertiary/aromatic N) is 1. The Morgan fingerprint density at radius 1 is 1.27 bits per heavy atom. The Bertz CT molecular complexity index is 286. The van der Waals surface area contributed by atoms with E-state index in [1.807, 2.05) is 6.92 Å². The molecule has 0 aliphatic heterocycles. The first-order chi connectivity index (χ1) is 7.24. The van der Waals surface area contributed by atoms with Crippen molar-refractivity contribution in [1.29, 1.82) is 0 Å². The third kappa shape index (κ3) is 4.45. The third-order valence-corrected chi connectivity index (χ3v) is 2.52. The molecule has 0 aliphatic rings. The third-order valence-electron chi connectivity index (χ3n) is 2.52. The molecule has 2 nitrogen and oxygen atoms in total. The molecule has 2 heteroatoms. The zero-order valence-corrected chi connectivity index (χ0v) is 9.99. The van der Waals surface area contributed by atoms with Gasteiger partial charge < -0.3 is 4.74 Å². The SMILES string of the molecule is CCOCCN(C)Cc1ccccc1C. The Hall–Kier alpha value is -0.860. The van der Waals surface area contributed by atoms with Gasteiger partial charge in [-0.25, -0.2) is 0 Å². The topological polar surface area (TPSA) is 12.5 Å². The highest BCUT2D eigenvalue weighted by Crippen LogP contribution is 2.08. The fraction of sp³-hybridized carbons (Fsp3) is 0.538. The van der Waals surface area contributed by atoms with Crippen molar-refractivity contribution in [1.82, 2.24) is 4.90 Å². The number of aryl methyl sites for hydroxylation is 1. The van der Waals surface area contributed by atoms with Crippen LogP contribution < -0.4 is 0 Å². The Balaban J connectivity index is 2.37. The number of hydrogen-bond acceptors (Lipinski definition) is 2. The lowest BCUT2D eigenvalue weighted by Gasteiger charge is -2.17. The summed E-state index contributed by atoms with van der Waals surface area (Å²) in [5.74, 6) is 0. The van der Waals surface area contributed by atoms with Crippen molar-refractivity contribution in [2.75, 3.05) is 26.8 Å². The zero-order chi connectivity index (χ0) is 11.1. The van der Waals surface area contributed by atoms with Crippen molar-refractivity contribution < 1.29 is 4.74 Å². The lowest BCUT2D eigenvalue weighted by Crippen LogP contribution is -2.23. The van der Waals surface area contributed by atoms with E-state index in [0.29, 0.717) is 0 Å². The van der Waals surface area contributed by atoms with Gasteiger partial charge >= 0.3 is 0 Å². The molecule has 0 saturated carbocycles. The molecule has 0 bridgehead atoms. The first-order valence-corrected chi connectivity index (χ1v) is 5.55. The summed E-state index contributed by atoms with van der Waals surface area (Å²) in [6.45, 7) is 7.80. The molecule has 0 saturated heterocycles. The van der Waals surface area contributed by atoms with Crippen LogP contribution in [0.3, 0.4) is 0 Å². The van der Waals surface area contributed by atoms with Crippen LogP contribution in [0.25, 0.3) is 0 Å². The van der Waals surface area contributed by atoms with Gasteiger partial charge in [-0.1, -0.05) is 24.3 Å². The summed E-state index contributed by atoms with van der Waals surface area (Å²) in [4.78, 5) is 2.29. The lowest BCUT2D eigenvalue weighted by molar-refractivity contribution is 0.120. The molecule has 0 fully saturated rings. The van der Waals surface area contributed by atoms with Crippen molar-refractivity contribution in [2.45, 2.75) is 20.4 Å². The summed E-state index contributed by atoms with van der Waals surface area (Å²) >= 11 is 0. The monoisotopic (exact) mass is 207 g/mol. The standard InChI is InChI=1S/C13H21NO/c1-4-15-10-9-14(3)11-13-8-6-5-7-12(13)2/h5-8H,4,9-11H2,1-3H3. The van der Waals surface area contributed by atoms with Crippen LogP contribution in [-0.2, 0) is 11.3 Å². The molecule has 0 aliphatic carbocycles. The highest BCUT2D eigenvalue weighted by molar-refractivity contribution is 5.25. The molecule has 1 aromatic carbocycles. The quantitative estimate of drug-likeness (QED) is 0.664. The molecule has 0 unspecified atom stereocenters. The summed E-state index contributed by atoms with van der Waals surface area (Å²) in [6, 6.07) is 8.52. The maximum Gasteiger partial charge on any atom is 0.0593 e. The summed E-state index contributed by atoms with van der Waals surface area (Å²) in [5.41, 5.74) is 2.76. The van der Waals surface area contributed by atoms with Crippen LogP contribution >= 0.6 is 0 Å². The largest absolute Gasteiger partial charge is 0.380 e. The smallest absolute Gasteiger partial charge is 0.0593 e. The van der Waals surface area contributed by atoms with E-state index in [1.54, 1.807) is 0 Å². The first-order valence-electron chi connectivity index (χ1n) is 5.55. The van der Waals surface area contributed by atoms with Gasteiger partial charge in [-0.05, 0) is 32.0 Å². The van der Waals surface area contributed by atoms with E-state index in [4.69, 9.17) is 4.74 Å². The summed E-state index contributed by atoms with van der Waals surface area (Å²) in [5, 5.41) is 0. The average molecular weight is 207 g/mol. The second-order valence-electron chi connectivity index (χ2n) is 3.86. The van der Waals surface area contributed by atoms with Crippen molar-refractivity contribution in [3.63, 3.8) is 0 Å². The van der Waals surface area contributed by atoms with Crippen LogP contribution in [0.15, 0.2) is 24.3 Å². The number of ether oxygens (including phenoxy) is 1. The van der Waals surface area contributed by atoms with Gasteiger partial charge in [-0.15, -0.1) is 0 Å². The molecule has 0 amide bonds. The molecular weight excluding hydrogens is 186 g/mol. The number of rotatable bonds is 6. The molecule has 0 atom stereocenters. The van der Waals surface area contributed by atoms with E-state index < -0.39 is 0 Å². The Morgan fingerprint density at radius 2 is 2.00 bits per heavy atom. The van der Waals surface area contributed by atoms with Crippen LogP contribution in [0.2, 0.25) is 0 Å². The summed E-state index contributed by atoms with van der Waals surface area (Å²) in [7, 11) is 2.13. The zero-order valence-electron chi connectivity index (χ0n) is 9.99. The minimum Gasteiger partial charge on any atom is -0.380 e. The molecule has 0 radical (unpaired) electrons. The molecule has 1 aromatic rings. The van der Waals surface area contributed by atoms with Gasteiger partial charge in [-0.3, -0.25) is 4.90 Å². The van der Waals surface area contributed by atoms with Gasteiger partial charge in [0.1, 0.15) is 0 Å². The minimum absolute atomic E-state index is 0.804. The number of benzene rings is 1. The average Bonchev–Trinajstić information content (AvgIpc) is 2.22. The van der Waals surface area contributed by atoms with Crippen LogP contribution in [0.4, 0.5) is 0 Å². The molecule has 0 heterocycles. The van der Waals surface area contributed by atoms with E-state index in [9.17, 15) is 0 Å². The summed E-state index contributed by atoms with van der Waals surface area (Å²) in [6.07, 6.45) is 0. The predicted molar refractivity (Wildman–Crippen MR) is 64.0 cm³/mol. The number of hydrogen-bond donors (Lipinski definition) is 0. The van der Waals surface area contributed by atoms with Crippen molar-refractivity contribution in [2.24, 2.45) is 0 Å². The van der Waals surface area contributed by atoms with Gasteiger partial charge in [-0.2, -0.15) is 0 Å².